The summed E-state index contributed by atoms with van der Waals surface area (Å²) in [6, 6.07) is 17.5. The van der Waals surface area contributed by atoms with E-state index in [1.165, 1.54) is 6.33 Å². The van der Waals surface area contributed by atoms with Crippen LogP contribution >= 0.6 is 0 Å². The number of aromatic nitrogens is 4. The molecule has 0 radical (unpaired) electrons. The molecule has 2 aromatic heterocycles. The summed E-state index contributed by atoms with van der Waals surface area (Å²) in [6.07, 6.45) is 0.921. The predicted octanol–water partition coefficient (Wildman–Crippen LogP) is 3.47. The molecule has 4 rings (SSSR count). The SMILES string of the molecule is Cc1[nH]nc2cc(-c3cc(NC[C@H](O)c4ccccc4)ncn3)ccc12. The van der Waals surface area contributed by atoms with Crippen LogP contribution in [0.5, 0.6) is 0 Å². The molecule has 6 nitrogen and oxygen atoms in total. The number of anilines is 1. The predicted molar refractivity (Wildman–Crippen MR) is 102 cm³/mol. The number of hydrogen-bond acceptors (Lipinski definition) is 5. The van der Waals surface area contributed by atoms with Crippen molar-refractivity contribution >= 4 is 16.7 Å². The Morgan fingerprint density at radius 2 is 1.92 bits per heavy atom. The molecule has 0 saturated carbocycles. The lowest BCUT2D eigenvalue weighted by molar-refractivity contribution is 0.191. The second-order valence-electron chi connectivity index (χ2n) is 6.18. The van der Waals surface area contributed by atoms with E-state index in [-0.39, 0.29) is 0 Å². The zero-order valence-electron chi connectivity index (χ0n) is 14.3. The van der Waals surface area contributed by atoms with Gasteiger partial charge in [0.05, 0.1) is 17.3 Å². The molecule has 6 heteroatoms. The van der Waals surface area contributed by atoms with E-state index in [0.717, 1.165) is 33.4 Å². The molecule has 2 heterocycles. The monoisotopic (exact) mass is 345 g/mol. The van der Waals surface area contributed by atoms with Crippen LogP contribution in [0.15, 0.2) is 60.9 Å². The van der Waals surface area contributed by atoms with Crippen LogP contribution in [0.3, 0.4) is 0 Å². The van der Waals surface area contributed by atoms with Crippen LogP contribution in [0, 0.1) is 6.92 Å². The number of nitrogens with one attached hydrogen (secondary N) is 2. The number of nitrogens with zero attached hydrogens (tertiary/aromatic N) is 3. The Labute approximate surface area is 151 Å². The van der Waals surface area contributed by atoms with Crippen molar-refractivity contribution in [2.75, 3.05) is 11.9 Å². The Bertz CT molecular complexity index is 1030. The van der Waals surface area contributed by atoms with Gasteiger partial charge in [-0.1, -0.05) is 42.5 Å². The number of hydrogen-bond donors (Lipinski definition) is 3. The maximum Gasteiger partial charge on any atom is 0.130 e. The number of aliphatic hydroxyl groups excluding tert-OH is 1. The third kappa shape index (κ3) is 3.27. The van der Waals surface area contributed by atoms with Gasteiger partial charge in [-0.25, -0.2) is 9.97 Å². The lowest BCUT2D eigenvalue weighted by atomic mass is 10.1. The maximum atomic E-state index is 10.3. The molecular formula is C20H19N5O. The van der Waals surface area contributed by atoms with Crippen LogP contribution in [-0.2, 0) is 0 Å². The summed E-state index contributed by atoms with van der Waals surface area (Å²) in [5.74, 6) is 0.670. The lowest BCUT2D eigenvalue weighted by Gasteiger charge is -2.13. The Morgan fingerprint density at radius 3 is 2.77 bits per heavy atom. The number of H-pyrrole nitrogens is 1. The molecule has 2 aromatic carbocycles. The molecule has 0 unspecified atom stereocenters. The molecule has 0 amide bonds. The van der Waals surface area contributed by atoms with E-state index in [0.29, 0.717) is 12.4 Å². The minimum absolute atomic E-state index is 0.373. The third-order valence-electron chi connectivity index (χ3n) is 4.37. The first-order valence-corrected chi connectivity index (χ1v) is 8.45. The summed E-state index contributed by atoms with van der Waals surface area (Å²) in [6.45, 7) is 2.37. The Hall–Kier alpha value is -3.25. The molecule has 0 bridgehead atoms. The summed E-state index contributed by atoms with van der Waals surface area (Å²) in [4.78, 5) is 8.60. The molecule has 0 spiro atoms. The second kappa shape index (κ2) is 6.93. The van der Waals surface area contributed by atoms with Crippen LogP contribution in [0.1, 0.15) is 17.4 Å². The van der Waals surface area contributed by atoms with Gasteiger partial charge in [-0.2, -0.15) is 5.10 Å². The molecular weight excluding hydrogens is 326 g/mol. The van der Waals surface area contributed by atoms with E-state index in [4.69, 9.17) is 0 Å². The van der Waals surface area contributed by atoms with Crippen LogP contribution in [0.25, 0.3) is 22.2 Å². The van der Waals surface area contributed by atoms with Crippen molar-refractivity contribution in [1.29, 1.82) is 0 Å². The first kappa shape index (κ1) is 16.2. The van der Waals surface area contributed by atoms with Gasteiger partial charge in [-0.3, -0.25) is 5.10 Å². The second-order valence-corrected chi connectivity index (χ2v) is 6.18. The van der Waals surface area contributed by atoms with E-state index in [1.807, 2.05) is 61.5 Å². The van der Waals surface area contributed by atoms with Gasteiger partial charge in [-0.15, -0.1) is 0 Å². The maximum absolute atomic E-state index is 10.3. The highest BCUT2D eigenvalue weighted by Crippen LogP contribution is 2.24. The summed E-state index contributed by atoms with van der Waals surface area (Å²) < 4.78 is 0. The van der Waals surface area contributed by atoms with E-state index in [1.54, 1.807) is 0 Å². The normalized spacial score (nSPS) is 12.2. The summed E-state index contributed by atoms with van der Waals surface area (Å²) in [7, 11) is 0. The summed E-state index contributed by atoms with van der Waals surface area (Å²) in [5.41, 5.74) is 4.60. The van der Waals surface area contributed by atoms with E-state index in [2.05, 4.69) is 25.5 Å². The van der Waals surface area contributed by atoms with Crippen molar-refractivity contribution < 1.29 is 5.11 Å². The first-order valence-electron chi connectivity index (χ1n) is 8.45. The average Bonchev–Trinajstić information content (AvgIpc) is 3.07. The molecule has 3 N–H and O–H groups in total. The van der Waals surface area contributed by atoms with Crippen LogP contribution < -0.4 is 5.32 Å². The van der Waals surface area contributed by atoms with Crippen LogP contribution in [0.4, 0.5) is 5.82 Å². The van der Waals surface area contributed by atoms with Crippen molar-refractivity contribution in [1.82, 2.24) is 20.2 Å². The van der Waals surface area contributed by atoms with Gasteiger partial charge in [0, 0.05) is 29.3 Å². The lowest BCUT2D eigenvalue weighted by Crippen LogP contribution is -2.13. The molecule has 0 aliphatic carbocycles. The number of aryl methyl sites for hydroxylation is 1. The van der Waals surface area contributed by atoms with Gasteiger partial charge in [0.1, 0.15) is 12.1 Å². The van der Waals surface area contributed by atoms with Crippen molar-refractivity contribution in [3.63, 3.8) is 0 Å². The van der Waals surface area contributed by atoms with Gasteiger partial charge < -0.3 is 10.4 Å². The highest BCUT2D eigenvalue weighted by atomic mass is 16.3. The summed E-state index contributed by atoms with van der Waals surface area (Å²) in [5, 5.41) is 21.8. The fraction of sp³-hybridized carbons (Fsp3) is 0.150. The Morgan fingerprint density at radius 1 is 1.08 bits per heavy atom. The third-order valence-corrected chi connectivity index (χ3v) is 4.37. The van der Waals surface area contributed by atoms with Gasteiger partial charge >= 0.3 is 0 Å². The first-order chi connectivity index (χ1) is 12.7. The smallest absolute Gasteiger partial charge is 0.130 e. The fourth-order valence-corrected chi connectivity index (χ4v) is 2.91. The number of fused-ring (bicyclic) bond motifs is 1. The number of rotatable bonds is 5. The van der Waals surface area contributed by atoms with Crippen molar-refractivity contribution in [3.05, 3.63) is 72.2 Å². The zero-order chi connectivity index (χ0) is 17.9. The van der Waals surface area contributed by atoms with Crippen molar-refractivity contribution in [2.45, 2.75) is 13.0 Å². The van der Waals surface area contributed by atoms with Crippen LogP contribution in [-0.4, -0.2) is 31.8 Å². The summed E-state index contributed by atoms with van der Waals surface area (Å²) >= 11 is 0. The molecule has 0 saturated heterocycles. The van der Waals surface area contributed by atoms with E-state index in [9.17, 15) is 5.11 Å². The van der Waals surface area contributed by atoms with Gasteiger partial charge in [0.2, 0.25) is 0 Å². The molecule has 130 valence electrons. The quantitative estimate of drug-likeness (QED) is 0.515. The van der Waals surface area contributed by atoms with Crippen LogP contribution in [0.2, 0.25) is 0 Å². The minimum atomic E-state index is -0.599. The van der Waals surface area contributed by atoms with E-state index < -0.39 is 6.10 Å². The van der Waals surface area contributed by atoms with E-state index >= 15 is 0 Å². The zero-order valence-corrected chi connectivity index (χ0v) is 14.3. The van der Waals surface area contributed by atoms with Gasteiger partial charge in [0.15, 0.2) is 0 Å². The molecule has 1 atom stereocenters. The Balaban J connectivity index is 1.52. The number of aromatic amines is 1. The molecule has 0 aliphatic rings. The molecule has 0 aliphatic heterocycles. The van der Waals surface area contributed by atoms with Crippen molar-refractivity contribution in [3.8, 4) is 11.3 Å². The molecule has 26 heavy (non-hydrogen) atoms. The highest BCUT2D eigenvalue weighted by Gasteiger charge is 2.09. The van der Waals surface area contributed by atoms with Crippen molar-refractivity contribution in [2.24, 2.45) is 0 Å². The highest BCUT2D eigenvalue weighted by molar-refractivity contribution is 5.85. The van der Waals surface area contributed by atoms with Gasteiger partial charge in [-0.05, 0) is 18.6 Å². The standard InChI is InChI=1S/C20H19N5O/c1-13-16-8-7-15(9-18(16)25-24-13)17-10-20(23-12-22-17)21-11-19(26)14-5-3-2-4-6-14/h2-10,12,19,26H,11H2,1H3,(H,24,25)(H,21,22,23)/t19-/m0/s1. The van der Waals surface area contributed by atoms with Gasteiger partial charge in [0.25, 0.3) is 0 Å². The Kier molecular flexibility index (Phi) is 4.33. The number of benzene rings is 2. The minimum Gasteiger partial charge on any atom is -0.387 e. The fourth-order valence-electron chi connectivity index (χ4n) is 2.91. The largest absolute Gasteiger partial charge is 0.387 e. The molecule has 0 fully saturated rings. The topological polar surface area (TPSA) is 86.7 Å². The number of aliphatic hydroxyl groups is 1. The molecule has 4 aromatic rings. The average molecular weight is 345 g/mol.